The Morgan fingerprint density at radius 1 is 1.26 bits per heavy atom. The molecule has 1 amide bonds. The van der Waals surface area contributed by atoms with E-state index in [9.17, 15) is 14.4 Å². The number of rotatable bonds is 8. The van der Waals surface area contributed by atoms with Gasteiger partial charge in [0.15, 0.2) is 0 Å². The standard InChI is InChI=1S/C15H19IN2O5/c1-9(14(20)21)17-12(15(22)23-2)7-8-13(19)18-11-5-3-10(16)4-6-11/h3-6,9,12,17H,7-8H2,1-2H3,(H,18,19)(H,20,21)/t9-,12-/m0/s1. The van der Waals surface area contributed by atoms with Crippen molar-refractivity contribution in [3.63, 3.8) is 0 Å². The fourth-order valence-corrected chi connectivity index (χ4v) is 2.18. The number of methoxy groups -OCH3 is 1. The minimum atomic E-state index is -1.08. The molecule has 1 aromatic rings. The van der Waals surface area contributed by atoms with Crippen LogP contribution in [0, 0.1) is 3.57 Å². The zero-order valence-corrected chi connectivity index (χ0v) is 15.0. The lowest BCUT2D eigenvalue weighted by Gasteiger charge is -2.18. The molecule has 0 spiro atoms. The van der Waals surface area contributed by atoms with Gasteiger partial charge < -0.3 is 15.2 Å². The van der Waals surface area contributed by atoms with E-state index in [0.29, 0.717) is 5.69 Å². The summed E-state index contributed by atoms with van der Waals surface area (Å²) in [5.41, 5.74) is 0.664. The minimum Gasteiger partial charge on any atom is -0.480 e. The Morgan fingerprint density at radius 2 is 1.87 bits per heavy atom. The highest BCUT2D eigenvalue weighted by molar-refractivity contribution is 14.1. The molecule has 0 unspecified atom stereocenters. The average molecular weight is 434 g/mol. The Kier molecular flexibility index (Phi) is 7.96. The molecule has 2 atom stereocenters. The normalized spacial score (nSPS) is 13.0. The van der Waals surface area contributed by atoms with Gasteiger partial charge in [0.25, 0.3) is 0 Å². The molecule has 0 fully saturated rings. The molecule has 1 aromatic carbocycles. The van der Waals surface area contributed by atoms with Crippen LogP contribution < -0.4 is 10.6 Å². The minimum absolute atomic E-state index is 0.0606. The topological polar surface area (TPSA) is 105 Å². The number of hydrogen-bond acceptors (Lipinski definition) is 5. The Balaban J connectivity index is 2.55. The van der Waals surface area contributed by atoms with Crippen molar-refractivity contribution in [1.82, 2.24) is 5.32 Å². The zero-order valence-electron chi connectivity index (χ0n) is 12.8. The van der Waals surface area contributed by atoms with Gasteiger partial charge in [0.05, 0.1) is 7.11 Å². The second kappa shape index (κ2) is 9.46. The van der Waals surface area contributed by atoms with Crippen LogP contribution in [0.3, 0.4) is 0 Å². The molecule has 0 radical (unpaired) electrons. The maximum absolute atomic E-state index is 11.9. The van der Waals surface area contributed by atoms with Gasteiger partial charge in [0.1, 0.15) is 12.1 Å². The van der Waals surface area contributed by atoms with E-state index in [1.54, 1.807) is 12.1 Å². The smallest absolute Gasteiger partial charge is 0.322 e. The van der Waals surface area contributed by atoms with Gasteiger partial charge in [-0.15, -0.1) is 0 Å². The highest BCUT2D eigenvalue weighted by Gasteiger charge is 2.24. The van der Waals surface area contributed by atoms with Crippen molar-refractivity contribution >= 4 is 46.1 Å². The third kappa shape index (κ3) is 6.95. The summed E-state index contributed by atoms with van der Waals surface area (Å²) in [5.74, 6) is -1.94. The zero-order chi connectivity index (χ0) is 17.4. The number of ether oxygens (including phenoxy) is 1. The number of nitrogens with one attached hydrogen (secondary N) is 2. The van der Waals surface area contributed by atoms with E-state index in [2.05, 4.69) is 38.0 Å². The van der Waals surface area contributed by atoms with Crippen molar-refractivity contribution in [3.05, 3.63) is 27.8 Å². The van der Waals surface area contributed by atoms with E-state index >= 15 is 0 Å². The van der Waals surface area contributed by atoms with Gasteiger partial charge in [-0.25, -0.2) is 0 Å². The largest absolute Gasteiger partial charge is 0.480 e. The number of carbonyl (C=O) groups excluding carboxylic acids is 2. The van der Waals surface area contributed by atoms with E-state index in [1.807, 2.05) is 12.1 Å². The maximum Gasteiger partial charge on any atom is 0.322 e. The summed E-state index contributed by atoms with van der Waals surface area (Å²) in [6, 6.07) is 5.52. The molecular formula is C15H19IN2O5. The fraction of sp³-hybridized carbons (Fsp3) is 0.400. The van der Waals surface area contributed by atoms with Crippen LogP contribution in [0.5, 0.6) is 0 Å². The number of amides is 1. The number of carboxylic acid groups (broad SMARTS) is 1. The molecule has 0 aliphatic carbocycles. The van der Waals surface area contributed by atoms with Crippen LogP contribution in [0.2, 0.25) is 0 Å². The first-order chi connectivity index (χ1) is 10.8. The summed E-state index contributed by atoms with van der Waals surface area (Å²) in [4.78, 5) is 34.4. The lowest BCUT2D eigenvalue weighted by molar-refractivity contribution is -0.144. The Labute approximate surface area is 147 Å². The molecule has 0 saturated carbocycles. The highest BCUT2D eigenvalue weighted by Crippen LogP contribution is 2.12. The number of benzene rings is 1. The Bertz CT molecular complexity index is 561. The molecule has 8 heteroatoms. The molecule has 0 bridgehead atoms. The van der Waals surface area contributed by atoms with E-state index < -0.39 is 24.0 Å². The van der Waals surface area contributed by atoms with Crippen LogP contribution in [-0.4, -0.2) is 42.1 Å². The number of carbonyl (C=O) groups is 3. The van der Waals surface area contributed by atoms with Crippen LogP contribution in [0.1, 0.15) is 19.8 Å². The van der Waals surface area contributed by atoms with E-state index in [0.717, 1.165) is 3.57 Å². The number of carboxylic acids is 1. The second-order valence-corrected chi connectivity index (χ2v) is 6.14. The maximum atomic E-state index is 11.9. The average Bonchev–Trinajstić information content (AvgIpc) is 2.52. The number of aliphatic carboxylic acids is 1. The first-order valence-corrected chi connectivity index (χ1v) is 8.03. The van der Waals surface area contributed by atoms with Crippen LogP contribution in [0.4, 0.5) is 5.69 Å². The monoisotopic (exact) mass is 434 g/mol. The van der Waals surface area contributed by atoms with Gasteiger partial charge in [0, 0.05) is 15.7 Å². The molecule has 23 heavy (non-hydrogen) atoms. The number of esters is 1. The van der Waals surface area contributed by atoms with Crippen molar-refractivity contribution in [2.24, 2.45) is 0 Å². The molecule has 1 rings (SSSR count). The molecule has 0 heterocycles. The first-order valence-electron chi connectivity index (χ1n) is 6.95. The van der Waals surface area contributed by atoms with Crippen LogP contribution >= 0.6 is 22.6 Å². The van der Waals surface area contributed by atoms with Gasteiger partial charge in [-0.2, -0.15) is 0 Å². The Hall–Kier alpha value is -1.68. The first kappa shape index (κ1) is 19.4. The molecule has 3 N–H and O–H groups in total. The summed E-state index contributed by atoms with van der Waals surface area (Å²) >= 11 is 2.16. The van der Waals surface area contributed by atoms with E-state index in [4.69, 9.17) is 5.11 Å². The summed E-state index contributed by atoms with van der Waals surface area (Å²) in [5, 5.41) is 14.2. The van der Waals surface area contributed by atoms with Gasteiger partial charge in [-0.1, -0.05) is 0 Å². The predicted octanol–water partition coefficient (Wildman–Crippen LogP) is 1.61. The number of hydrogen-bond donors (Lipinski definition) is 3. The van der Waals surface area contributed by atoms with Gasteiger partial charge >= 0.3 is 11.9 Å². The SMILES string of the molecule is COC(=O)[C@H](CCC(=O)Nc1ccc(I)cc1)N[C@@H](C)C(=O)O. The van der Waals surface area contributed by atoms with Crippen molar-refractivity contribution in [1.29, 1.82) is 0 Å². The fourth-order valence-electron chi connectivity index (χ4n) is 1.82. The van der Waals surface area contributed by atoms with Crippen molar-refractivity contribution < 1.29 is 24.2 Å². The summed E-state index contributed by atoms with van der Waals surface area (Å²) in [7, 11) is 1.22. The number of halogens is 1. The van der Waals surface area contributed by atoms with Gasteiger partial charge in [-0.05, 0) is 60.2 Å². The van der Waals surface area contributed by atoms with Gasteiger partial charge in [-0.3, -0.25) is 19.7 Å². The number of anilines is 1. The Morgan fingerprint density at radius 3 is 2.39 bits per heavy atom. The van der Waals surface area contributed by atoms with Crippen LogP contribution in [0.25, 0.3) is 0 Å². The summed E-state index contributed by atoms with van der Waals surface area (Å²) < 4.78 is 5.68. The molecule has 0 aliphatic heterocycles. The molecule has 126 valence electrons. The van der Waals surface area contributed by atoms with Crippen molar-refractivity contribution in [2.75, 3.05) is 12.4 Å². The van der Waals surface area contributed by atoms with Crippen LogP contribution in [0.15, 0.2) is 24.3 Å². The van der Waals surface area contributed by atoms with Crippen molar-refractivity contribution in [3.8, 4) is 0 Å². The van der Waals surface area contributed by atoms with E-state index in [1.165, 1.54) is 14.0 Å². The molecule has 7 nitrogen and oxygen atoms in total. The second-order valence-electron chi connectivity index (χ2n) is 4.90. The van der Waals surface area contributed by atoms with Crippen LogP contribution in [-0.2, 0) is 19.1 Å². The lowest BCUT2D eigenvalue weighted by atomic mass is 10.1. The van der Waals surface area contributed by atoms with Gasteiger partial charge in [0.2, 0.25) is 5.91 Å². The highest BCUT2D eigenvalue weighted by atomic mass is 127. The predicted molar refractivity (Wildman–Crippen MR) is 93.1 cm³/mol. The lowest BCUT2D eigenvalue weighted by Crippen LogP contribution is -2.46. The molecular weight excluding hydrogens is 415 g/mol. The molecule has 0 saturated heterocycles. The quantitative estimate of drug-likeness (QED) is 0.424. The summed E-state index contributed by atoms with van der Waals surface area (Å²) in [6.45, 7) is 1.42. The molecule has 0 aromatic heterocycles. The third-order valence-corrected chi connectivity index (χ3v) is 3.81. The van der Waals surface area contributed by atoms with E-state index in [-0.39, 0.29) is 18.7 Å². The summed E-state index contributed by atoms with van der Waals surface area (Å²) in [6.07, 6.45) is 0.200. The van der Waals surface area contributed by atoms with Crippen molar-refractivity contribution in [2.45, 2.75) is 31.8 Å². The molecule has 0 aliphatic rings. The third-order valence-electron chi connectivity index (χ3n) is 3.10.